The first-order valence-electron chi connectivity index (χ1n) is 33.9. The molecule has 0 aromatic carbocycles. The minimum Gasteiger partial charge on any atom is -0.545 e. The van der Waals surface area contributed by atoms with E-state index < -0.39 is 24.3 Å². The summed E-state index contributed by atoms with van der Waals surface area (Å²) in [5.41, 5.74) is 0. The van der Waals surface area contributed by atoms with Gasteiger partial charge in [-0.2, -0.15) is 0 Å². The average molecular weight is 1120 g/mol. The molecule has 0 aromatic heterocycles. The SMILES string of the molecule is CC/C=C\C/C=C\C/C=C\C/C=C\C/C=C\CCCCCCCCCCCCCCCCCCCCCCCCCC(=O)OC(COC(=O)CCCCCCCCCCCCCCCCCC)COC(OCC[N+](C)(C)C)C(=O)[O-]. The summed E-state index contributed by atoms with van der Waals surface area (Å²) < 4.78 is 22.8. The van der Waals surface area contributed by atoms with E-state index in [0.29, 0.717) is 17.4 Å². The third-order valence-electron chi connectivity index (χ3n) is 15.0. The molecule has 0 saturated carbocycles. The lowest BCUT2D eigenvalue weighted by molar-refractivity contribution is -0.870. The number of esters is 2. The normalized spacial score (nSPS) is 13.1. The Kier molecular flexibility index (Phi) is 59.7. The van der Waals surface area contributed by atoms with Crippen molar-refractivity contribution in [3.63, 3.8) is 0 Å². The fraction of sp³-hybridized carbons (Fsp3) is 0.817. The zero-order valence-corrected chi connectivity index (χ0v) is 53.2. The number of unbranched alkanes of at least 4 members (excludes halogenated alkanes) is 38. The number of likely N-dealkylation sites (N-methyl/N-ethyl adjacent to an activating group) is 1. The fourth-order valence-corrected chi connectivity index (χ4v) is 9.86. The van der Waals surface area contributed by atoms with Gasteiger partial charge in [0, 0.05) is 12.8 Å². The highest BCUT2D eigenvalue weighted by molar-refractivity contribution is 5.70. The lowest BCUT2D eigenvalue weighted by atomic mass is 10.0. The Morgan fingerprint density at radius 1 is 0.388 bits per heavy atom. The Hall–Kier alpha value is -3.01. The van der Waals surface area contributed by atoms with Crippen LogP contribution in [0.4, 0.5) is 0 Å². The Morgan fingerprint density at radius 2 is 0.713 bits per heavy atom. The molecule has 0 fully saturated rings. The molecule has 0 spiro atoms. The summed E-state index contributed by atoms with van der Waals surface area (Å²) in [5.74, 6) is -2.26. The van der Waals surface area contributed by atoms with Crippen LogP contribution in [0.2, 0.25) is 0 Å². The zero-order chi connectivity index (χ0) is 58.3. The first-order valence-corrected chi connectivity index (χ1v) is 33.9. The van der Waals surface area contributed by atoms with E-state index in [0.717, 1.165) is 70.6 Å². The molecule has 0 bridgehead atoms. The number of rotatable bonds is 63. The molecule has 2 unspecified atom stereocenters. The van der Waals surface area contributed by atoms with E-state index in [1.54, 1.807) is 0 Å². The van der Waals surface area contributed by atoms with Gasteiger partial charge in [0.05, 0.1) is 40.3 Å². The van der Waals surface area contributed by atoms with Gasteiger partial charge < -0.3 is 33.3 Å². The molecular formula is C71H129NO8. The number of carbonyl (C=O) groups is 3. The number of hydrogen-bond donors (Lipinski definition) is 0. The third-order valence-corrected chi connectivity index (χ3v) is 15.0. The van der Waals surface area contributed by atoms with Crippen LogP contribution in [-0.4, -0.2) is 82.3 Å². The lowest BCUT2D eigenvalue weighted by Crippen LogP contribution is -2.44. The highest BCUT2D eigenvalue weighted by atomic mass is 16.7. The van der Waals surface area contributed by atoms with Crippen LogP contribution in [0.25, 0.3) is 0 Å². The highest BCUT2D eigenvalue weighted by Gasteiger charge is 2.22. The molecule has 9 nitrogen and oxygen atoms in total. The number of ether oxygens (including phenoxy) is 4. The molecule has 0 aliphatic carbocycles. The van der Waals surface area contributed by atoms with E-state index in [1.165, 1.54) is 218 Å². The maximum Gasteiger partial charge on any atom is 0.306 e. The number of carboxylic acids is 1. The van der Waals surface area contributed by atoms with E-state index in [-0.39, 0.29) is 32.2 Å². The van der Waals surface area contributed by atoms with Crippen molar-refractivity contribution in [3.05, 3.63) is 60.8 Å². The van der Waals surface area contributed by atoms with Crippen molar-refractivity contribution in [1.29, 1.82) is 0 Å². The van der Waals surface area contributed by atoms with Crippen LogP contribution >= 0.6 is 0 Å². The van der Waals surface area contributed by atoms with Crippen molar-refractivity contribution in [3.8, 4) is 0 Å². The van der Waals surface area contributed by atoms with Gasteiger partial charge in [0.15, 0.2) is 12.4 Å². The first-order chi connectivity index (χ1) is 39.1. The Balaban J connectivity index is 3.97. The van der Waals surface area contributed by atoms with Crippen molar-refractivity contribution in [2.45, 2.75) is 328 Å². The van der Waals surface area contributed by atoms with E-state index in [9.17, 15) is 19.5 Å². The van der Waals surface area contributed by atoms with Crippen LogP contribution < -0.4 is 5.11 Å². The van der Waals surface area contributed by atoms with Gasteiger partial charge in [0.25, 0.3) is 0 Å². The van der Waals surface area contributed by atoms with Gasteiger partial charge in [0.1, 0.15) is 13.2 Å². The maximum absolute atomic E-state index is 12.9. The van der Waals surface area contributed by atoms with Crippen molar-refractivity contribution >= 4 is 17.9 Å². The summed E-state index contributed by atoms with van der Waals surface area (Å²) in [6, 6.07) is 0. The number of nitrogens with zero attached hydrogens (tertiary/aromatic N) is 1. The van der Waals surface area contributed by atoms with Crippen LogP contribution in [-0.2, 0) is 33.3 Å². The molecule has 466 valence electrons. The quantitative estimate of drug-likeness (QED) is 0.0195. The van der Waals surface area contributed by atoms with Gasteiger partial charge in [-0.3, -0.25) is 9.59 Å². The van der Waals surface area contributed by atoms with Crippen molar-refractivity contribution in [2.75, 3.05) is 47.5 Å². The molecule has 80 heavy (non-hydrogen) atoms. The number of aliphatic carboxylic acids is 1. The van der Waals surface area contributed by atoms with Crippen LogP contribution in [0, 0.1) is 0 Å². The van der Waals surface area contributed by atoms with Gasteiger partial charge in [-0.15, -0.1) is 0 Å². The standard InChI is InChI=1S/C71H129NO8/c1-6-8-10-12-14-16-18-20-22-24-25-26-27-28-29-30-31-32-33-34-35-36-37-38-39-40-41-42-43-44-45-46-48-50-52-54-56-58-60-62-69(74)80-67(66-79-71(70(75)76)77-64-63-72(3,4)5)65-78-68(73)61-59-57-55-53-51-49-47-23-21-19-17-15-13-11-9-7-2/h8,10,14,16,20,22,25-26,28-29,67,71H,6-7,9,11-13,15,17-19,21,23-24,27,30-66H2,1-5H3/b10-8-,16-14-,22-20-,26-25-,29-28-. The second-order valence-electron chi connectivity index (χ2n) is 24.1. The topological polar surface area (TPSA) is 111 Å². The number of carboxylic acid groups (broad SMARTS) is 1. The Bertz CT molecular complexity index is 1500. The molecule has 2 atom stereocenters. The first kappa shape index (κ1) is 77.0. The molecule has 0 amide bonds. The van der Waals surface area contributed by atoms with E-state index in [4.69, 9.17) is 18.9 Å². The summed E-state index contributed by atoms with van der Waals surface area (Å²) in [6.07, 6.45) is 77.4. The van der Waals surface area contributed by atoms with Gasteiger partial charge in [-0.05, 0) is 57.8 Å². The van der Waals surface area contributed by atoms with E-state index in [2.05, 4.69) is 74.6 Å². The van der Waals surface area contributed by atoms with E-state index >= 15 is 0 Å². The lowest BCUT2D eigenvalue weighted by Gasteiger charge is -2.26. The largest absolute Gasteiger partial charge is 0.545 e. The maximum atomic E-state index is 12.9. The number of quaternary nitrogens is 1. The number of carbonyl (C=O) groups excluding carboxylic acids is 3. The molecule has 0 heterocycles. The molecular weight excluding hydrogens is 995 g/mol. The van der Waals surface area contributed by atoms with Gasteiger partial charge in [0.2, 0.25) is 0 Å². The van der Waals surface area contributed by atoms with Crippen molar-refractivity contribution in [1.82, 2.24) is 0 Å². The summed E-state index contributed by atoms with van der Waals surface area (Å²) in [5, 5.41) is 11.8. The molecule has 9 heteroatoms. The van der Waals surface area contributed by atoms with E-state index in [1.807, 2.05) is 21.1 Å². The van der Waals surface area contributed by atoms with Gasteiger partial charge >= 0.3 is 11.9 Å². The predicted molar refractivity (Wildman–Crippen MR) is 338 cm³/mol. The second kappa shape index (κ2) is 62.0. The summed E-state index contributed by atoms with van der Waals surface area (Å²) >= 11 is 0. The molecule has 0 aliphatic rings. The monoisotopic (exact) mass is 1120 g/mol. The summed E-state index contributed by atoms with van der Waals surface area (Å²) in [4.78, 5) is 37.4. The van der Waals surface area contributed by atoms with Crippen LogP contribution in [0.15, 0.2) is 60.8 Å². The Labute approximate surface area is 495 Å². The molecule has 0 aliphatic heterocycles. The molecule has 0 radical (unpaired) electrons. The van der Waals surface area contributed by atoms with Crippen molar-refractivity contribution in [2.24, 2.45) is 0 Å². The molecule has 0 aromatic rings. The van der Waals surface area contributed by atoms with Crippen molar-refractivity contribution < 1.29 is 42.9 Å². The molecule has 0 saturated heterocycles. The smallest absolute Gasteiger partial charge is 0.306 e. The van der Waals surface area contributed by atoms with Crippen LogP contribution in [0.5, 0.6) is 0 Å². The van der Waals surface area contributed by atoms with Gasteiger partial charge in [-0.25, -0.2) is 0 Å². The minimum absolute atomic E-state index is 0.150. The number of allylic oxidation sites excluding steroid dienone is 10. The third kappa shape index (κ3) is 62.6. The van der Waals surface area contributed by atoms with Crippen LogP contribution in [0.1, 0.15) is 316 Å². The summed E-state index contributed by atoms with van der Waals surface area (Å²) in [6.45, 7) is 4.68. The summed E-state index contributed by atoms with van der Waals surface area (Å²) in [7, 11) is 5.94. The predicted octanol–water partition coefficient (Wildman–Crippen LogP) is 19.4. The molecule has 0 N–H and O–H groups in total. The van der Waals surface area contributed by atoms with Gasteiger partial charge in [-0.1, -0.05) is 306 Å². The Morgan fingerprint density at radius 3 is 1.06 bits per heavy atom. The van der Waals surface area contributed by atoms with Crippen LogP contribution in [0.3, 0.4) is 0 Å². The minimum atomic E-state index is -1.62. The second-order valence-corrected chi connectivity index (χ2v) is 24.1. The highest BCUT2D eigenvalue weighted by Crippen LogP contribution is 2.18. The zero-order valence-electron chi connectivity index (χ0n) is 53.2. The molecule has 0 rings (SSSR count). The average Bonchev–Trinajstić information content (AvgIpc) is 3.43. The fourth-order valence-electron chi connectivity index (χ4n) is 9.86. The number of hydrogen-bond acceptors (Lipinski definition) is 8.